The smallest absolute Gasteiger partial charge is 0.188 e. The van der Waals surface area contributed by atoms with Crippen LogP contribution in [0.15, 0.2) is 29.3 Å². The number of unbranched alkanes of at least 4 members (excludes halogenated alkanes) is 1. The zero-order valence-electron chi connectivity index (χ0n) is 11.7. The Morgan fingerprint density at radius 2 is 2.21 bits per heavy atom. The molecule has 0 atom stereocenters. The van der Waals surface area contributed by atoms with Crippen LogP contribution in [0.25, 0.3) is 0 Å². The Morgan fingerprint density at radius 3 is 2.89 bits per heavy atom. The molecule has 0 amide bonds. The fourth-order valence-corrected chi connectivity index (χ4v) is 1.58. The average Bonchev–Trinajstić information content (AvgIpc) is 2.39. The van der Waals surface area contributed by atoms with Gasteiger partial charge in [0.1, 0.15) is 5.75 Å². The predicted molar refractivity (Wildman–Crippen MR) is 91.5 cm³/mol. The molecule has 1 rings (SSSR count). The minimum atomic E-state index is 0. The third-order valence-electron chi connectivity index (χ3n) is 2.65. The van der Waals surface area contributed by atoms with Gasteiger partial charge >= 0.3 is 0 Å². The molecule has 1 aromatic rings. The van der Waals surface area contributed by atoms with E-state index in [-0.39, 0.29) is 24.0 Å². The number of aliphatic imine (C=N–C) groups is 1. The summed E-state index contributed by atoms with van der Waals surface area (Å²) in [5, 5.41) is 3.11. The van der Waals surface area contributed by atoms with Crippen LogP contribution in [0.2, 0.25) is 0 Å². The monoisotopic (exact) mass is 377 g/mol. The van der Waals surface area contributed by atoms with Crippen molar-refractivity contribution in [3.63, 3.8) is 0 Å². The number of nitrogens with two attached hydrogens (primary N) is 1. The first-order valence-electron chi connectivity index (χ1n) is 6.43. The lowest BCUT2D eigenvalue weighted by Crippen LogP contribution is -2.33. The maximum atomic E-state index is 5.75. The summed E-state index contributed by atoms with van der Waals surface area (Å²) < 4.78 is 5.18. The summed E-state index contributed by atoms with van der Waals surface area (Å²) >= 11 is 0. The van der Waals surface area contributed by atoms with Gasteiger partial charge in [-0.15, -0.1) is 24.0 Å². The van der Waals surface area contributed by atoms with E-state index in [1.807, 2.05) is 18.2 Å². The number of halogens is 1. The molecule has 1 aromatic carbocycles. The van der Waals surface area contributed by atoms with Crippen molar-refractivity contribution in [3.05, 3.63) is 29.8 Å². The Kier molecular flexibility index (Phi) is 10.3. The molecule has 108 valence electrons. The van der Waals surface area contributed by atoms with E-state index in [4.69, 9.17) is 10.5 Å². The zero-order valence-corrected chi connectivity index (χ0v) is 14.0. The summed E-state index contributed by atoms with van der Waals surface area (Å²) in [5.74, 6) is 1.42. The number of methoxy groups -OCH3 is 1. The maximum absolute atomic E-state index is 5.75. The van der Waals surface area contributed by atoms with Gasteiger partial charge in [0.25, 0.3) is 0 Å². The Bertz CT molecular complexity index is 383. The predicted octanol–water partition coefficient (Wildman–Crippen LogP) is 2.56. The van der Waals surface area contributed by atoms with Crippen molar-refractivity contribution in [2.45, 2.75) is 26.2 Å². The van der Waals surface area contributed by atoms with Gasteiger partial charge in [0.2, 0.25) is 0 Å². The molecule has 0 spiro atoms. The molecule has 0 saturated carbocycles. The van der Waals surface area contributed by atoms with Crippen molar-refractivity contribution in [1.29, 1.82) is 0 Å². The highest BCUT2D eigenvalue weighted by Gasteiger charge is 1.96. The van der Waals surface area contributed by atoms with E-state index in [9.17, 15) is 0 Å². The summed E-state index contributed by atoms with van der Waals surface area (Å²) in [6.07, 6.45) is 3.13. The molecule has 0 fully saturated rings. The summed E-state index contributed by atoms with van der Waals surface area (Å²) in [7, 11) is 1.68. The van der Waals surface area contributed by atoms with E-state index in [0.717, 1.165) is 38.1 Å². The summed E-state index contributed by atoms with van der Waals surface area (Å²) in [4.78, 5) is 4.24. The molecule has 4 nitrogen and oxygen atoms in total. The van der Waals surface area contributed by atoms with Crippen LogP contribution < -0.4 is 15.8 Å². The Morgan fingerprint density at radius 1 is 1.42 bits per heavy atom. The SMILES string of the molecule is CCCCN=C(N)NCCc1cccc(OC)c1.I. The van der Waals surface area contributed by atoms with E-state index in [1.165, 1.54) is 5.56 Å². The first-order chi connectivity index (χ1) is 8.76. The van der Waals surface area contributed by atoms with Crippen LogP contribution in [0.3, 0.4) is 0 Å². The second-order valence-electron chi connectivity index (χ2n) is 4.15. The van der Waals surface area contributed by atoms with Gasteiger partial charge in [-0.25, -0.2) is 0 Å². The number of nitrogens with zero attached hydrogens (tertiary/aromatic N) is 1. The number of nitrogens with one attached hydrogen (secondary N) is 1. The normalized spacial score (nSPS) is 10.7. The van der Waals surface area contributed by atoms with Crippen molar-refractivity contribution in [2.24, 2.45) is 10.7 Å². The molecule has 0 aliphatic heterocycles. The lowest BCUT2D eigenvalue weighted by atomic mass is 10.1. The summed E-state index contributed by atoms with van der Waals surface area (Å²) in [5.41, 5.74) is 6.97. The largest absolute Gasteiger partial charge is 0.497 e. The Hall–Kier alpha value is -0.980. The molecule has 0 radical (unpaired) electrons. The van der Waals surface area contributed by atoms with E-state index < -0.39 is 0 Å². The second kappa shape index (κ2) is 10.9. The quantitative estimate of drug-likeness (QED) is 0.332. The van der Waals surface area contributed by atoms with Gasteiger partial charge in [-0.05, 0) is 30.5 Å². The molecule has 0 saturated heterocycles. The lowest BCUT2D eigenvalue weighted by Gasteiger charge is -2.07. The highest BCUT2D eigenvalue weighted by Crippen LogP contribution is 2.12. The first-order valence-corrected chi connectivity index (χ1v) is 6.43. The lowest BCUT2D eigenvalue weighted by molar-refractivity contribution is 0.414. The molecular formula is C14H24IN3O. The number of rotatable bonds is 7. The van der Waals surface area contributed by atoms with E-state index in [1.54, 1.807) is 7.11 Å². The Labute approximate surface area is 132 Å². The van der Waals surface area contributed by atoms with Crippen LogP contribution in [0.1, 0.15) is 25.3 Å². The van der Waals surface area contributed by atoms with Gasteiger partial charge in [0.05, 0.1) is 7.11 Å². The Balaban J connectivity index is 0.00000324. The molecule has 0 heterocycles. The molecule has 5 heteroatoms. The van der Waals surface area contributed by atoms with Gasteiger partial charge in [0.15, 0.2) is 5.96 Å². The minimum Gasteiger partial charge on any atom is -0.497 e. The van der Waals surface area contributed by atoms with E-state index in [2.05, 4.69) is 23.3 Å². The van der Waals surface area contributed by atoms with E-state index >= 15 is 0 Å². The number of guanidine groups is 1. The van der Waals surface area contributed by atoms with E-state index in [0.29, 0.717) is 5.96 Å². The zero-order chi connectivity index (χ0) is 13.2. The van der Waals surface area contributed by atoms with Crippen molar-refractivity contribution >= 4 is 29.9 Å². The number of hydrogen-bond donors (Lipinski definition) is 2. The first kappa shape index (κ1) is 18.0. The van der Waals surface area contributed by atoms with Crippen LogP contribution in [-0.2, 0) is 6.42 Å². The second-order valence-corrected chi connectivity index (χ2v) is 4.15. The van der Waals surface area contributed by atoms with Crippen LogP contribution in [-0.4, -0.2) is 26.2 Å². The minimum absolute atomic E-state index is 0. The third-order valence-corrected chi connectivity index (χ3v) is 2.65. The van der Waals surface area contributed by atoms with Gasteiger partial charge < -0.3 is 15.8 Å². The topological polar surface area (TPSA) is 59.6 Å². The summed E-state index contributed by atoms with van der Waals surface area (Å²) in [6, 6.07) is 8.05. The number of hydrogen-bond acceptors (Lipinski definition) is 2. The van der Waals surface area contributed by atoms with Crippen LogP contribution in [0.4, 0.5) is 0 Å². The standard InChI is InChI=1S/C14H23N3O.HI/c1-3-4-9-16-14(15)17-10-8-12-6-5-7-13(11-12)18-2;/h5-7,11H,3-4,8-10H2,1-2H3,(H3,15,16,17);1H. The average molecular weight is 377 g/mol. The van der Waals surface area contributed by atoms with Crippen LogP contribution in [0.5, 0.6) is 5.75 Å². The van der Waals surface area contributed by atoms with Crippen molar-refractivity contribution in [2.75, 3.05) is 20.2 Å². The van der Waals surface area contributed by atoms with Gasteiger partial charge in [0, 0.05) is 13.1 Å². The van der Waals surface area contributed by atoms with Crippen molar-refractivity contribution in [1.82, 2.24) is 5.32 Å². The van der Waals surface area contributed by atoms with Gasteiger partial charge in [-0.3, -0.25) is 4.99 Å². The third kappa shape index (κ3) is 7.92. The highest BCUT2D eigenvalue weighted by atomic mass is 127. The molecular weight excluding hydrogens is 353 g/mol. The van der Waals surface area contributed by atoms with Crippen molar-refractivity contribution in [3.8, 4) is 5.75 Å². The molecule has 0 aromatic heterocycles. The van der Waals surface area contributed by atoms with Crippen LogP contribution in [0, 0.1) is 0 Å². The molecule has 19 heavy (non-hydrogen) atoms. The maximum Gasteiger partial charge on any atom is 0.188 e. The fourth-order valence-electron chi connectivity index (χ4n) is 1.58. The van der Waals surface area contributed by atoms with Crippen molar-refractivity contribution < 1.29 is 4.74 Å². The molecule has 0 bridgehead atoms. The van der Waals surface area contributed by atoms with Crippen LogP contribution >= 0.6 is 24.0 Å². The fraction of sp³-hybridized carbons (Fsp3) is 0.500. The molecule has 0 unspecified atom stereocenters. The molecule has 0 aliphatic carbocycles. The molecule has 3 N–H and O–H groups in total. The van der Waals surface area contributed by atoms with Gasteiger partial charge in [-0.2, -0.15) is 0 Å². The number of ether oxygens (including phenoxy) is 1. The molecule has 0 aliphatic rings. The highest BCUT2D eigenvalue weighted by molar-refractivity contribution is 14.0. The number of benzene rings is 1. The summed E-state index contributed by atoms with van der Waals surface area (Å²) in [6.45, 7) is 3.73. The van der Waals surface area contributed by atoms with Gasteiger partial charge in [-0.1, -0.05) is 25.5 Å².